The zero-order valence-electron chi connectivity index (χ0n) is 26.8. The molecule has 0 saturated heterocycles. The third kappa shape index (κ3) is 12.0. The van der Waals surface area contributed by atoms with Gasteiger partial charge in [-0.25, -0.2) is 25.3 Å². The SMILES string of the molecule is Cc1cc(N=Nc2ccc(Nc3nc(N)nc(Cl)n3)cc2)ccc1N=Nc1cc(S(=O)(=O)[O-])c2cc(S(=O)(=O)[O-])cc(S(=O)(=O)[O-])c2c1.[K+].[Na+].[Na+]. The summed E-state index contributed by atoms with van der Waals surface area (Å²) in [6.45, 7) is 1.65. The van der Waals surface area contributed by atoms with Gasteiger partial charge in [0.1, 0.15) is 30.4 Å². The number of benzene rings is 4. The first-order chi connectivity index (χ1) is 22.4. The number of nitrogens with one attached hydrogen (secondary N) is 1. The molecule has 0 spiro atoms. The maximum atomic E-state index is 12.0. The largest absolute Gasteiger partial charge is 1.00 e. The molecule has 0 saturated carbocycles. The number of hydrogen-bond donors (Lipinski definition) is 2. The van der Waals surface area contributed by atoms with Crippen molar-refractivity contribution < 1.29 is 149 Å². The van der Waals surface area contributed by atoms with Gasteiger partial charge in [-0.05, 0) is 90.8 Å². The van der Waals surface area contributed by atoms with Crippen molar-refractivity contribution in [2.45, 2.75) is 21.6 Å². The van der Waals surface area contributed by atoms with Crippen LogP contribution >= 0.6 is 11.6 Å². The first-order valence-corrected chi connectivity index (χ1v) is 17.4. The maximum absolute atomic E-state index is 12.0. The molecule has 0 amide bonds. The standard InChI is InChI=1S/C26H20ClN9O9S3.K.2Na/c1-13-8-16(34-33-15-4-2-14(3-5-15)29-26-31-24(27)30-25(28)32-26)6-7-21(13)36-35-17-9-19-20(22(10-17)47(40,41)42)11-18(46(37,38)39)12-23(19)48(43,44)45;;;/h2-12H,1H3,(H,37,38,39)(H,40,41,42)(H,43,44,45)(H3,28,29,30,31,32);;;/q;3*+1/p-3. The summed E-state index contributed by atoms with van der Waals surface area (Å²) in [6.07, 6.45) is 0. The van der Waals surface area contributed by atoms with E-state index < -0.39 is 55.8 Å². The number of halogens is 1. The summed E-state index contributed by atoms with van der Waals surface area (Å²) in [4.78, 5) is 7.93. The second kappa shape index (κ2) is 18.3. The number of aryl methyl sites for hydroxylation is 1. The molecule has 0 radical (unpaired) electrons. The number of anilines is 3. The van der Waals surface area contributed by atoms with Crippen LogP contribution in [0.2, 0.25) is 5.28 Å². The monoisotopic (exact) mass is 815 g/mol. The quantitative estimate of drug-likeness (QED) is 0.0812. The molecular weight excluding hydrogens is 799 g/mol. The molecule has 0 aliphatic rings. The summed E-state index contributed by atoms with van der Waals surface area (Å²) < 4.78 is 107. The van der Waals surface area contributed by atoms with Crippen LogP contribution in [0.15, 0.2) is 102 Å². The van der Waals surface area contributed by atoms with E-state index in [-0.39, 0.29) is 145 Å². The van der Waals surface area contributed by atoms with Crippen molar-refractivity contribution in [3.63, 3.8) is 0 Å². The average Bonchev–Trinajstić information content (AvgIpc) is 2.97. The molecule has 25 heteroatoms. The summed E-state index contributed by atoms with van der Waals surface area (Å²) in [5.41, 5.74) is 7.49. The Labute approximate surface area is 382 Å². The van der Waals surface area contributed by atoms with Crippen LogP contribution in [0.4, 0.5) is 40.3 Å². The second-order valence-electron chi connectivity index (χ2n) is 9.65. The average molecular weight is 816 g/mol. The van der Waals surface area contributed by atoms with Gasteiger partial charge in [-0.3, -0.25) is 0 Å². The van der Waals surface area contributed by atoms with Crippen LogP contribution in [0, 0.1) is 6.92 Å². The Balaban J connectivity index is 0.00000300. The minimum absolute atomic E-state index is 0. The molecule has 0 aliphatic heterocycles. The fourth-order valence-corrected chi connectivity index (χ4v) is 6.35. The van der Waals surface area contributed by atoms with Gasteiger partial charge in [0.2, 0.25) is 17.2 Å². The normalized spacial score (nSPS) is 11.9. The van der Waals surface area contributed by atoms with Gasteiger partial charge < -0.3 is 24.7 Å². The molecule has 0 fully saturated rings. The molecule has 5 aromatic rings. The van der Waals surface area contributed by atoms with Gasteiger partial charge in [-0.2, -0.15) is 35.4 Å². The van der Waals surface area contributed by atoms with E-state index in [2.05, 4.69) is 40.7 Å². The fourth-order valence-electron chi connectivity index (χ4n) is 4.17. The summed E-state index contributed by atoms with van der Waals surface area (Å²) in [7, 11) is -16.2. The third-order valence-electron chi connectivity index (χ3n) is 6.26. The Hall–Kier alpha value is -1.39. The van der Waals surface area contributed by atoms with Gasteiger partial charge in [0, 0.05) is 16.5 Å². The smallest absolute Gasteiger partial charge is 0.744 e. The van der Waals surface area contributed by atoms with E-state index in [0.717, 1.165) is 6.07 Å². The molecular formula is C26H17ClKN9Na2O9S3. The number of hydrogen-bond acceptors (Lipinski definition) is 18. The van der Waals surface area contributed by atoms with Crippen LogP contribution in [0.1, 0.15) is 5.56 Å². The molecule has 0 aliphatic carbocycles. The van der Waals surface area contributed by atoms with E-state index >= 15 is 0 Å². The molecule has 1 heterocycles. The van der Waals surface area contributed by atoms with Gasteiger partial charge >= 0.3 is 110 Å². The number of nitrogens with zero attached hydrogens (tertiary/aromatic N) is 7. The predicted octanol–water partition coefficient (Wildman–Crippen LogP) is -4.13. The molecule has 3 N–H and O–H groups in total. The van der Waals surface area contributed by atoms with Gasteiger partial charge in [0.05, 0.1) is 37.4 Å². The molecule has 1 aromatic heterocycles. The third-order valence-corrected chi connectivity index (χ3v) is 9.00. The number of nitrogen functional groups attached to an aromatic ring is 1. The first kappa shape index (κ1) is 45.8. The van der Waals surface area contributed by atoms with E-state index in [4.69, 9.17) is 17.3 Å². The van der Waals surface area contributed by atoms with Crippen LogP contribution in [0.3, 0.4) is 0 Å². The van der Waals surface area contributed by atoms with Gasteiger partial charge in [0.15, 0.2) is 0 Å². The first-order valence-electron chi connectivity index (χ1n) is 12.8. The van der Waals surface area contributed by atoms with Crippen LogP contribution in [0.5, 0.6) is 0 Å². The van der Waals surface area contributed by atoms with Crippen LogP contribution in [-0.2, 0) is 30.4 Å². The Morgan fingerprint density at radius 1 is 0.667 bits per heavy atom. The molecule has 5 rings (SSSR count). The Morgan fingerprint density at radius 2 is 1.22 bits per heavy atom. The van der Waals surface area contributed by atoms with Gasteiger partial charge in [-0.1, -0.05) is 0 Å². The van der Waals surface area contributed by atoms with E-state index in [9.17, 15) is 38.9 Å². The van der Waals surface area contributed by atoms with Crippen molar-refractivity contribution >= 4 is 93.1 Å². The maximum Gasteiger partial charge on any atom is 1.00 e. The fraction of sp³-hybridized carbons (Fsp3) is 0.0385. The molecule has 0 unspecified atom stereocenters. The van der Waals surface area contributed by atoms with Crippen molar-refractivity contribution in [3.8, 4) is 0 Å². The van der Waals surface area contributed by atoms with Crippen LogP contribution in [-0.4, -0.2) is 53.9 Å². The molecule has 0 bridgehead atoms. The van der Waals surface area contributed by atoms with Crippen molar-refractivity contribution in [2.24, 2.45) is 20.5 Å². The van der Waals surface area contributed by atoms with Crippen LogP contribution < -0.4 is 122 Å². The number of azo groups is 2. The number of nitrogens with two attached hydrogens (primary N) is 1. The Bertz CT molecular complexity index is 2500. The summed E-state index contributed by atoms with van der Waals surface area (Å²) in [5.74, 6) is 0.103. The number of aromatic nitrogens is 3. The van der Waals surface area contributed by atoms with Crippen molar-refractivity contribution in [3.05, 3.63) is 77.6 Å². The summed E-state index contributed by atoms with van der Waals surface area (Å²) >= 11 is 5.78. The molecule has 248 valence electrons. The molecule has 0 atom stereocenters. The Kier molecular flexibility index (Phi) is 16.4. The minimum atomic E-state index is -5.47. The second-order valence-corrected chi connectivity index (χ2v) is 14.1. The van der Waals surface area contributed by atoms with Crippen molar-refractivity contribution in [2.75, 3.05) is 11.1 Å². The Morgan fingerprint density at radius 3 is 1.78 bits per heavy atom. The van der Waals surface area contributed by atoms with E-state index in [1.807, 2.05) is 0 Å². The van der Waals surface area contributed by atoms with E-state index in [0.29, 0.717) is 34.8 Å². The van der Waals surface area contributed by atoms with E-state index in [1.165, 1.54) is 12.1 Å². The topological polar surface area (TPSA) is 298 Å². The van der Waals surface area contributed by atoms with E-state index in [1.54, 1.807) is 37.3 Å². The number of rotatable bonds is 9. The molecule has 18 nitrogen and oxygen atoms in total. The minimum Gasteiger partial charge on any atom is -0.744 e. The summed E-state index contributed by atoms with van der Waals surface area (Å²) in [6, 6.07) is 13.7. The zero-order valence-corrected chi connectivity index (χ0v) is 37.2. The molecule has 4 aromatic carbocycles. The van der Waals surface area contributed by atoms with Crippen molar-refractivity contribution in [1.82, 2.24) is 15.0 Å². The zero-order chi connectivity index (χ0) is 35.0. The molecule has 51 heavy (non-hydrogen) atoms. The summed E-state index contributed by atoms with van der Waals surface area (Å²) in [5, 5.41) is 17.7. The number of fused-ring (bicyclic) bond motifs is 1. The van der Waals surface area contributed by atoms with Crippen molar-refractivity contribution in [1.29, 1.82) is 0 Å². The van der Waals surface area contributed by atoms with Gasteiger partial charge in [-0.15, -0.1) is 0 Å². The predicted molar refractivity (Wildman–Crippen MR) is 166 cm³/mol. The van der Waals surface area contributed by atoms with Gasteiger partial charge in [0.25, 0.3) is 0 Å². The van der Waals surface area contributed by atoms with Crippen LogP contribution in [0.25, 0.3) is 10.8 Å².